The smallest absolute Gasteiger partial charge is 0.0714 e. The molecule has 0 saturated heterocycles. The Kier molecular flexibility index (Phi) is 17.9. The molecule has 0 aliphatic heterocycles. The van der Waals surface area contributed by atoms with Gasteiger partial charge in [0.2, 0.25) is 0 Å². The summed E-state index contributed by atoms with van der Waals surface area (Å²) >= 11 is 3.79. The van der Waals surface area contributed by atoms with E-state index in [0.717, 1.165) is 34.1 Å². The molecular formula is C126H88N2S2. The quantitative estimate of drug-likeness (QED) is 0.114. The number of thiophene rings is 2. The van der Waals surface area contributed by atoms with Gasteiger partial charge in [0.15, 0.2) is 0 Å². The van der Waals surface area contributed by atoms with Gasteiger partial charge in [0.1, 0.15) is 0 Å². The van der Waals surface area contributed by atoms with E-state index in [-0.39, 0.29) is 10.8 Å². The minimum absolute atomic E-state index is 0.104. The van der Waals surface area contributed by atoms with Gasteiger partial charge in [-0.2, -0.15) is 0 Å². The maximum atomic E-state index is 2.51. The van der Waals surface area contributed by atoms with Gasteiger partial charge in [-0.05, 0) is 265 Å². The van der Waals surface area contributed by atoms with Gasteiger partial charge < -0.3 is 9.80 Å². The highest BCUT2D eigenvalue weighted by molar-refractivity contribution is 7.26. The molecule has 4 aliphatic rings. The Bertz CT molecular complexity index is 8240. The van der Waals surface area contributed by atoms with Crippen molar-refractivity contribution in [1.29, 1.82) is 0 Å². The molecule has 614 valence electrons. The zero-order chi connectivity index (χ0) is 86.6. The summed E-state index contributed by atoms with van der Waals surface area (Å²) in [6.45, 7) is 9.46. The monoisotopic (exact) mass is 1690 g/mol. The second-order valence-corrected chi connectivity index (χ2v) is 38.6. The standard InChI is InChI=1S/C68H47NS.C58H41NS/c1-67(2)61-26-13-11-24-55(61)57-36-33-53(42-63(57)67)69(52-31-28-46(29-32-52)44-16-5-3-6-17-44)54-34-37-59-58-35-30-51(41-65(58)70-66(59)43-54)68(50-23-15-22-47(38-50)45-18-7-4-8-19-45)62-27-14-12-25-56(62)60-39-48-20-9-10-21-49(48)40-64(60)68;1-57(2)51-22-12-9-19-45(51)48-33-30-44(37-54(48)57)59(42-28-25-39(26-29-42)38-15-5-3-6-16-38)43-31-34-55-50(36-43)49-32-27-41(35-56(49)60-55)58(40-17-7-4-8-18-40)52-23-13-10-20-46(52)47-21-11-14-24-53(47)58/h3-43H,1-2H3;3-37H,1-2H3. The minimum Gasteiger partial charge on any atom is -0.310 e. The summed E-state index contributed by atoms with van der Waals surface area (Å²) in [4.78, 5) is 4.90. The Morgan fingerprint density at radius 2 is 0.492 bits per heavy atom. The molecule has 0 spiro atoms. The van der Waals surface area contributed by atoms with Crippen LogP contribution in [0.4, 0.5) is 34.1 Å². The van der Waals surface area contributed by atoms with Crippen LogP contribution in [0, 0.1) is 0 Å². The van der Waals surface area contributed by atoms with E-state index >= 15 is 0 Å². The molecule has 0 amide bonds. The highest BCUT2D eigenvalue weighted by Gasteiger charge is 2.49. The lowest BCUT2D eigenvalue weighted by Crippen LogP contribution is -2.28. The van der Waals surface area contributed by atoms with Gasteiger partial charge in [0.05, 0.1) is 10.8 Å². The van der Waals surface area contributed by atoms with E-state index in [9.17, 15) is 0 Å². The van der Waals surface area contributed by atoms with Crippen LogP contribution in [0.25, 0.3) is 129 Å². The first-order valence-electron chi connectivity index (χ1n) is 45.3. The molecule has 0 fully saturated rings. The van der Waals surface area contributed by atoms with Gasteiger partial charge in [-0.15, -0.1) is 22.7 Å². The van der Waals surface area contributed by atoms with E-state index in [2.05, 4.69) is 499 Å². The highest BCUT2D eigenvalue weighted by Crippen LogP contribution is 2.61. The summed E-state index contributed by atoms with van der Waals surface area (Å²) in [5, 5.41) is 7.63. The molecule has 0 N–H and O–H groups in total. The molecule has 0 radical (unpaired) electrons. The van der Waals surface area contributed by atoms with Crippen molar-refractivity contribution in [1.82, 2.24) is 0 Å². The average molecular weight is 1690 g/mol. The normalized spacial score (nSPS) is 14.7. The number of benzene rings is 20. The van der Waals surface area contributed by atoms with Crippen LogP contribution in [-0.2, 0) is 21.7 Å². The summed E-state index contributed by atoms with van der Waals surface area (Å²) in [7, 11) is 0. The van der Waals surface area contributed by atoms with E-state index < -0.39 is 10.8 Å². The van der Waals surface area contributed by atoms with Crippen LogP contribution < -0.4 is 9.80 Å². The largest absolute Gasteiger partial charge is 0.310 e. The van der Waals surface area contributed by atoms with Gasteiger partial charge in [-0.25, -0.2) is 0 Å². The van der Waals surface area contributed by atoms with Crippen LogP contribution in [0.5, 0.6) is 0 Å². The van der Waals surface area contributed by atoms with Gasteiger partial charge in [0.25, 0.3) is 0 Å². The van der Waals surface area contributed by atoms with Gasteiger partial charge >= 0.3 is 0 Å². The molecule has 4 heteroatoms. The van der Waals surface area contributed by atoms with Crippen LogP contribution in [-0.4, -0.2) is 0 Å². The lowest BCUT2D eigenvalue weighted by atomic mass is 9.67. The number of nitrogens with zero attached hydrogens (tertiary/aromatic N) is 2. The number of hydrogen-bond donors (Lipinski definition) is 0. The molecule has 20 aromatic carbocycles. The zero-order valence-corrected chi connectivity index (χ0v) is 74.2. The molecule has 0 bridgehead atoms. The molecule has 2 aromatic heterocycles. The highest BCUT2D eigenvalue weighted by atomic mass is 32.1. The predicted octanol–water partition coefficient (Wildman–Crippen LogP) is 34.5. The van der Waals surface area contributed by atoms with Crippen molar-refractivity contribution < 1.29 is 0 Å². The van der Waals surface area contributed by atoms with Crippen molar-refractivity contribution in [3.05, 3.63) is 528 Å². The molecule has 26 rings (SSSR count). The van der Waals surface area contributed by atoms with Crippen LogP contribution in [0.2, 0.25) is 0 Å². The fraction of sp³-hybridized carbons (Fsp3) is 0.0635. The van der Waals surface area contributed by atoms with Crippen molar-refractivity contribution >= 4 is 108 Å². The first-order valence-corrected chi connectivity index (χ1v) is 46.9. The van der Waals surface area contributed by atoms with Crippen LogP contribution >= 0.6 is 22.7 Å². The first kappa shape index (κ1) is 77.1. The molecular weight excluding hydrogens is 1610 g/mol. The van der Waals surface area contributed by atoms with Crippen molar-refractivity contribution in [2.24, 2.45) is 0 Å². The topological polar surface area (TPSA) is 6.48 Å². The van der Waals surface area contributed by atoms with E-state index in [1.54, 1.807) is 0 Å². The fourth-order valence-corrected chi connectivity index (χ4v) is 25.0. The van der Waals surface area contributed by atoms with Crippen molar-refractivity contribution in [3.8, 4) is 77.9 Å². The van der Waals surface area contributed by atoms with Gasteiger partial charge in [-0.3, -0.25) is 0 Å². The van der Waals surface area contributed by atoms with Crippen LogP contribution in [0.1, 0.15) is 94.5 Å². The van der Waals surface area contributed by atoms with Crippen molar-refractivity contribution in [2.75, 3.05) is 9.80 Å². The fourth-order valence-electron chi connectivity index (χ4n) is 22.7. The lowest BCUT2D eigenvalue weighted by molar-refractivity contribution is 0.660. The SMILES string of the molecule is CC1(C)c2ccccc2-c2ccc(N(c3ccc(-c4ccccc4)cc3)c3ccc4c(c3)sc3cc(C5(c6cccc(-c7ccccc7)c6)c6ccccc6-c6cc7ccccc7cc65)ccc34)cc21.CC1(C)c2ccccc2-c2ccc(N(c3ccc(-c4ccccc4)cc3)c3ccc4sc5cc(C6(c7ccccc7)c7ccccc7-c7ccccc76)ccc5c4c3)cc21. The average Bonchev–Trinajstić information content (AvgIpc) is 1.53. The molecule has 1 atom stereocenters. The van der Waals surface area contributed by atoms with E-state index in [4.69, 9.17) is 0 Å². The number of anilines is 6. The Labute approximate surface area is 766 Å². The Balaban J connectivity index is 0.000000142. The van der Waals surface area contributed by atoms with Crippen LogP contribution in [0.15, 0.2) is 461 Å². The molecule has 0 saturated carbocycles. The lowest BCUT2D eigenvalue weighted by Gasteiger charge is -2.34. The summed E-state index contributed by atoms with van der Waals surface area (Å²) < 4.78 is 5.14. The third-order valence-electron chi connectivity index (χ3n) is 28.9. The molecule has 22 aromatic rings. The summed E-state index contributed by atoms with van der Waals surface area (Å²) in [5.74, 6) is 0. The second kappa shape index (κ2) is 30.2. The van der Waals surface area contributed by atoms with Gasteiger partial charge in [-0.1, -0.05) is 380 Å². The minimum atomic E-state index is -0.556. The molecule has 2 heterocycles. The van der Waals surface area contributed by atoms with E-state index in [0.29, 0.717) is 0 Å². The Morgan fingerprint density at radius 3 is 1.00 bits per heavy atom. The Hall–Kier alpha value is -15.3. The summed E-state index contributed by atoms with van der Waals surface area (Å²) in [6, 6.07) is 172. The third kappa shape index (κ3) is 12.0. The van der Waals surface area contributed by atoms with Crippen molar-refractivity contribution in [2.45, 2.75) is 49.4 Å². The second-order valence-electron chi connectivity index (χ2n) is 36.5. The van der Waals surface area contributed by atoms with E-state index in [1.807, 2.05) is 22.7 Å². The number of hydrogen-bond acceptors (Lipinski definition) is 4. The third-order valence-corrected chi connectivity index (χ3v) is 31.1. The molecule has 4 aliphatic carbocycles. The first-order chi connectivity index (χ1) is 63.9. The van der Waals surface area contributed by atoms with E-state index in [1.165, 1.54) is 196 Å². The zero-order valence-electron chi connectivity index (χ0n) is 72.6. The maximum Gasteiger partial charge on any atom is 0.0714 e. The number of rotatable bonds is 13. The summed E-state index contributed by atoms with van der Waals surface area (Å²) in [5.41, 5.74) is 39.5. The van der Waals surface area contributed by atoms with Gasteiger partial charge in [0, 0.05) is 85.3 Å². The predicted molar refractivity (Wildman–Crippen MR) is 552 cm³/mol. The maximum absolute atomic E-state index is 2.51. The molecule has 130 heavy (non-hydrogen) atoms. The number of fused-ring (bicyclic) bond motifs is 19. The Morgan fingerprint density at radius 1 is 0.169 bits per heavy atom. The van der Waals surface area contributed by atoms with Crippen molar-refractivity contribution in [3.63, 3.8) is 0 Å². The molecule has 2 nitrogen and oxygen atoms in total. The summed E-state index contributed by atoms with van der Waals surface area (Å²) in [6.07, 6.45) is 0. The molecule has 1 unspecified atom stereocenters. The van der Waals surface area contributed by atoms with Crippen LogP contribution in [0.3, 0.4) is 0 Å².